The van der Waals surface area contributed by atoms with Crippen LogP contribution < -0.4 is 0 Å². The topological polar surface area (TPSA) is 139 Å². The van der Waals surface area contributed by atoms with Gasteiger partial charge in [0.1, 0.15) is 24.4 Å². The molecule has 1 aliphatic rings. The van der Waals surface area contributed by atoms with Crippen molar-refractivity contribution in [3.05, 3.63) is 10.4 Å². The van der Waals surface area contributed by atoms with Crippen molar-refractivity contribution in [3.8, 4) is 0 Å². The van der Waals surface area contributed by atoms with Crippen molar-refractivity contribution in [3.63, 3.8) is 0 Å². The molecule has 5 atom stereocenters. The Morgan fingerprint density at radius 3 is 2.36 bits per heavy atom. The lowest BCUT2D eigenvalue weighted by atomic mass is 9.99. The maximum Gasteiger partial charge on any atom is 0.165 e. The highest BCUT2D eigenvalue weighted by atomic mass is 16.6. The first-order valence-corrected chi connectivity index (χ1v) is 3.96. The van der Waals surface area contributed by atoms with Crippen LogP contribution in [-0.2, 0) is 4.74 Å². The van der Waals surface area contributed by atoms with Crippen molar-refractivity contribution < 1.29 is 25.2 Å². The van der Waals surface area contributed by atoms with Gasteiger partial charge in [-0.25, -0.2) is 0 Å². The van der Waals surface area contributed by atoms with Crippen LogP contribution in [0.2, 0.25) is 0 Å². The number of aliphatic hydroxyl groups excluding tert-OH is 4. The van der Waals surface area contributed by atoms with Gasteiger partial charge in [0, 0.05) is 4.91 Å². The fourth-order valence-corrected chi connectivity index (χ4v) is 1.23. The van der Waals surface area contributed by atoms with E-state index in [0.717, 1.165) is 0 Å². The molecule has 1 saturated heterocycles. The maximum absolute atomic E-state index is 9.27. The van der Waals surface area contributed by atoms with Crippen LogP contribution in [0.1, 0.15) is 0 Å². The monoisotopic (exact) mass is 205 g/mol. The number of hydrogen-bond donors (Lipinski definition) is 4. The fraction of sp³-hybridized carbons (Fsp3) is 1.00. The van der Waals surface area contributed by atoms with Gasteiger partial charge < -0.3 is 25.2 Å². The van der Waals surface area contributed by atoms with Gasteiger partial charge in [0.2, 0.25) is 0 Å². The largest absolute Gasteiger partial charge is 0.394 e. The van der Waals surface area contributed by atoms with E-state index in [1.165, 1.54) is 0 Å². The van der Waals surface area contributed by atoms with Crippen molar-refractivity contribution >= 4 is 0 Å². The molecule has 0 amide bonds. The van der Waals surface area contributed by atoms with Gasteiger partial charge in [-0.05, 0) is 5.53 Å². The average molecular weight is 205 g/mol. The average Bonchev–Trinajstić information content (AvgIpc) is 2.19. The molecule has 1 aliphatic heterocycles. The fourth-order valence-electron chi connectivity index (χ4n) is 1.23. The van der Waals surface area contributed by atoms with E-state index in [2.05, 4.69) is 10.0 Å². The molecule has 0 aromatic rings. The molecule has 14 heavy (non-hydrogen) atoms. The van der Waals surface area contributed by atoms with Crippen molar-refractivity contribution in [2.75, 3.05) is 6.61 Å². The first-order chi connectivity index (χ1) is 6.61. The summed E-state index contributed by atoms with van der Waals surface area (Å²) in [6.45, 7) is -0.539. The highest BCUT2D eigenvalue weighted by Gasteiger charge is 2.42. The lowest BCUT2D eigenvalue weighted by Crippen LogP contribution is -2.57. The molecular weight excluding hydrogens is 194 g/mol. The molecule has 0 spiro atoms. The molecule has 0 radical (unpaired) electrons. The van der Waals surface area contributed by atoms with Crippen molar-refractivity contribution in [1.29, 1.82) is 0 Å². The van der Waals surface area contributed by atoms with E-state index in [4.69, 9.17) is 15.4 Å². The molecule has 0 aromatic heterocycles. The molecule has 0 aliphatic carbocycles. The van der Waals surface area contributed by atoms with E-state index in [0.29, 0.717) is 0 Å². The van der Waals surface area contributed by atoms with Gasteiger partial charge in [0.15, 0.2) is 6.23 Å². The summed E-state index contributed by atoms with van der Waals surface area (Å²) >= 11 is 0. The highest BCUT2D eigenvalue weighted by molar-refractivity contribution is 4.90. The summed E-state index contributed by atoms with van der Waals surface area (Å²) in [5.41, 5.74) is 8.11. The van der Waals surface area contributed by atoms with E-state index in [1.807, 2.05) is 0 Å². The first kappa shape index (κ1) is 11.2. The van der Waals surface area contributed by atoms with Crippen LogP contribution >= 0.6 is 0 Å². The summed E-state index contributed by atoms with van der Waals surface area (Å²) in [6, 6.07) is 0. The van der Waals surface area contributed by atoms with Crippen LogP contribution in [0.3, 0.4) is 0 Å². The van der Waals surface area contributed by atoms with Crippen LogP contribution in [0.15, 0.2) is 5.11 Å². The molecule has 1 heterocycles. The summed E-state index contributed by atoms with van der Waals surface area (Å²) in [6.07, 6.45) is -6.76. The van der Waals surface area contributed by atoms with Gasteiger partial charge in [0.05, 0.1) is 6.61 Å². The van der Waals surface area contributed by atoms with Gasteiger partial charge in [-0.15, -0.1) is 0 Å². The standard InChI is InChI=1S/C6H11N3O5/c7-9-8-6-5(13)4(12)3(11)2(1-10)14-6/h2-6,10-13H,1H2/t2?,3-,4-,5?,6+/m0/s1. The summed E-state index contributed by atoms with van der Waals surface area (Å²) < 4.78 is 4.84. The molecule has 1 fully saturated rings. The van der Waals surface area contributed by atoms with Gasteiger partial charge in [-0.3, -0.25) is 0 Å². The van der Waals surface area contributed by atoms with Crippen LogP contribution in [0, 0.1) is 0 Å². The Labute approximate surface area is 79.0 Å². The molecule has 4 N–H and O–H groups in total. The number of ether oxygens (including phenoxy) is 1. The molecule has 8 nitrogen and oxygen atoms in total. The van der Waals surface area contributed by atoms with Gasteiger partial charge >= 0.3 is 0 Å². The zero-order valence-electron chi connectivity index (χ0n) is 7.13. The summed E-state index contributed by atoms with van der Waals surface area (Å²) in [5.74, 6) is 0. The van der Waals surface area contributed by atoms with E-state index in [9.17, 15) is 15.3 Å². The number of azide groups is 1. The third kappa shape index (κ3) is 1.95. The minimum atomic E-state index is -1.50. The van der Waals surface area contributed by atoms with Gasteiger partial charge in [0.25, 0.3) is 0 Å². The highest BCUT2D eigenvalue weighted by Crippen LogP contribution is 2.21. The Kier molecular flexibility index (Phi) is 3.64. The minimum Gasteiger partial charge on any atom is -0.394 e. The van der Waals surface area contributed by atoms with E-state index in [1.54, 1.807) is 0 Å². The number of aliphatic hydroxyl groups is 4. The number of hydrogen-bond acceptors (Lipinski definition) is 6. The summed E-state index contributed by atoms with van der Waals surface area (Å²) in [7, 11) is 0. The van der Waals surface area contributed by atoms with Gasteiger partial charge in [-0.1, -0.05) is 5.11 Å². The number of rotatable bonds is 2. The first-order valence-electron chi connectivity index (χ1n) is 3.96. The second-order valence-corrected chi connectivity index (χ2v) is 2.92. The lowest BCUT2D eigenvalue weighted by Gasteiger charge is -2.37. The van der Waals surface area contributed by atoms with Crippen molar-refractivity contribution in [2.45, 2.75) is 30.6 Å². The Hall–Kier alpha value is -0.890. The molecule has 0 saturated carbocycles. The zero-order chi connectivity index (χ0) is 10.7. The van der Waals surface area contributed by atoms with Crippen LogP contribution in [-0.4, -0.2) is 57.7 Å². The Morgan fingerprint density at radius 2 is 1.86 bits per heavy atom. The third-order valence-corrected chi connectivity index (χ3v) is 2.03. The normalized spacial score (nSPS) is 43.0. The molecular formula is C6H11N3O5. The maximum atomic E-state index is 9.27. The summed E-state index contributed by atoms with van der Waals surface area (Å²) in [5, 5.41) is 39.6. The van der Waals surface area contributed by atoms with Crippen molar-refractivity contribution in [1.82, 2.24) is 0 Å². The molecule has 0 bridgehead atoms. The molecule has 2 unspecified atom stereocenters. The predicted octanol–water partition coefficient (Wildman–Crippen LogP) is -1.90. The Balaban J connectivity index is 2.77. The summed E-state index contributed by atoms with van der Waals surface area (Å²) in [4.78, 5) is 2.40. The number of nitrogens with zero attached hydrogens (tertiary/aromatic N) is 3. The minimum absolute atomic E-state index is 0.539. The van der Waals surface area contributed by atoms with E-state index in [-0.39, 0.29) is 0 Å². The smallest absolute Gasteiger partial charge is 0.165 e. The molecule has 0 aromatic carbocycles. The molecule has 80 valence electrons. The SMILES string of the molecule is [N-]=[N+]=N[C@@H]1OC(CO)[C@H](O)[C@H](O)C1O. The second kappa shape index (κ2) is 4.56. The Bertz CT molecular complexity index is 242. The molecule has 8 heteroatoms. The quantitative estimate of drug-likeness (QED) is 0.237. The van der Waals surface area contributed by atoms with E-state index < -0.39 is 37.3 Å². The van der Waals surface area contributed by atoms with E-state index >= 15 is 0 Å². The lowest BCUT2D eigenvalue weighted by molar-refractivity contribution is -0.227. The predicted molar refractivity (Wildman–Crippen MR) is 42.9 cm³/mol. The third-order valence-electron chi connectivity index (χ3n) is 2.03. The van der Waals surface area contributed by atoms with Crippen LogP contribution in [0.5, 0.6) is 0 Å². The van der Waals surface area contributed by atoms with Crippen LogP contribution in [0.4, 0.5) is 0 Å². The van der Waals surface area contributed by atoms with Crippen LogP contribution in [0.25, 0.3) is 10.4 Å². The molecule has 1 rings (SSSR count). The van der Waals surface area contributed by atoms with Crippen molar-refractivity contribution in [2.24, 2.45) is 5.11 Å². The van der Waals surface area contributed by atoms with Gasteiger partial charge in [-0.2, -0.15) is 0 Å². The Morgan fingerprint density at radius 1 is 1.21 bits per heavy atom. The second-order valence-electron chi connectivity index (χ2n) is 2.92. The zero-order valence-corrected chi connectivity index (χ0v) is 7.13.